The van der Waals surface area contributed by atoms with E-state index in [9.17, 15) is 0 Å². The average molecular weight is 849 g/mol. The van der Waals surface area contributed by atoms with Crippen molar-refractivity contribution >= 4 is 37.6 Å². The minimum absolute atomic E-state index is 0. The van der Waals surface area contributed by atoms with Gasteiger partial charge in [0.1, 0.15) is 0 Å². The van der Waals surface area contributed by atoms with Gasteiger partial charge in [0.15, 0.2) is 0 Å². The molecule has 0 spiro atoms. The van der Waals surface area contributed by atoms with Crippen LogP contribution in [0.5, 0.6) is 0 Å². The van der Waals surface area contributed by atoms with Crippen LogP contribution >= 0.6 is 23.2 Å². The van der Waals surface area contributed by atoms with Crippen molar-refractivity contribution in [2.75, 3.05) is 0 Å². The van der Waals surface area contributed by atoms with Gasteiger partial charge in [-0.2, -0.15) is 0 Å². The van der Waals surface area contributed by atoms with Crippen LogP contribution in [0.1, 0.15) is 134 Å². The van der Waals surface area contributed by atoms with Gasteiger partial charge in [-0.15, -0.1) is 0 Å². The fourth-order valence-electron chi connectivity index (χ4n) is 8.05. The number of hydrogen-bond donors (Lipinski definition) is 0. The Bertz CT molecular complexity index is 2270. The molecule has 0 unspecified atom stereocenters. The molecule has 4 aromatic carbocycles. The molecular formula is C47H51Cl4Zr. The molecule has 0 heterocycles. The van der Waals surface area contributed by atoms with Gasteiger partial charge in [0, 0.05) is 0 Å². The fourth-order valence-corrected chi connectivity index (χ4v) is 9.43. The van der Waals surface area contributed by atoms with Crippen molar-refractivity contribution in [3.63, 3.8) is 0 Å². The van der Waals surface area contributed by atoms with Crippen LogP contribution in [0.25, 0.3) is 14.4 Å². The second kappa shape index (κ2) is 15.0. The second-order valence-electron chi connectivity index (χ2n) is 18.3. The zero-order valence-corrected chi connectivity index (χ0v) is 38.2. The molecule has 0 saturated heterocycles. The minimum atomic E-state index is -0.180. The third kappa shape index (κ3) is 7.80. The van der Waals surface area contributed by atoms with Gasteiger partial charge < -0.3 is 24.8 Å². The van der Waals surface area contributed by atoms with Crippen LogP contribution < -0.4 is 35.3 Å². The van der Waals surface area contributed by atoms with E-state index in [-0.39, 0.29) is 46.5 Å². The van der Waals surface area contributed by atoms with Gasteiger partial charge in [-0.1, -0.05) is 0 Å². The predicted molar refractivity (Wildman–Crippen MR) is 213 cm³/mol. The first-order valence-electron chi connectivity index (χ1n) is 17.9. The Morgan fingerprint density at radius 2 is 1.02 bits per heavy atom. The van der Waals surface area contributed by atoms with Crippen LogP contribution in [-0.4, -0.2) is 0 Å². The molecule has 0 saturated carbocycles. The number of halogens is 4. The Balaban J connectivity index is 0.00000302. The number of hydrogen-bond acceptors (Lipinski definition) is 0. The summed E-state index contributed by atoms with van der Waals surface area (Å²) in [6.45, 7) is 28.6. The molecule has 0 aliphatic heterocycles. The summed E-state index contributed by atoms with van der Waals surface area (Å²) in [6, 6.07) is 22.0. The van der Waals surface area contributed by atoms with E-state index in [0.717, 1.165) is 27.6 Å². The zero-order valence-electron chi connectivity index (χ0n) is 32.7. The predicted octanol–water partition coefficient (Wildman–Crippen LogP) is 6.09. The Morgan fingerprint density at radius 3 is 1.40 bits per heavy atom. The number of benzene rings is 4. The molecular weight excluding hydrogens is 798 g/mol. The molecule has 2 aliphatic carbocycles. The van der Waals surface area contributed by atoms with E-state index in [1.807, 2.05) is 24.3 Å². The summed E-state index contributed by atoms with van der Waals surface area (Å²) in [4.78, 5) is 0. The number of rotatable bonds is 3. The molecule has 0 bridgehead atoms. The van der Waals surface area contributed by atoms with Gasteiger partial charge in [0.25, 0.3) is 0 Å². The average Bonchev–Trinajstić information content (AvgIpc) is 3.63. The van der Waals surface area contributed by atoms with E-state index in [1.165, 1.54) is 93.4 Å². The van der Waals surface area contributed by atoms with Crippen molar-refractivity contribution in [2.24, 2.45) is 0 Å². The molecule has 0 amide bonds. The summed E-state index contributed by atoms with van der Waals surface area (Å²) in [6.07, 6.45) is 7.88. The molecule has 5 heteroatoms. The number of allylic oxidation sites excluding steroid dienone is 4. The molecule has 0 N–H and O–H groups in total. The van der Waals surface area contributed by atoms with Gasteiger partial charge in [0.2, 0.25) is 0 Å². The first-order valence-corrected chi connectivity index (χ1v) is 19.9. The third-order valence-electron chi connectivity index (χ3n) is 10.2. The first kappa shape index (κ1) is 42.9. The molecule has 0 radical (unpaired) electrons. The summed E-state index contributed by atoms with van der Waals surface area (Å²) in [5.41, 5.74) is 13.2. The molecule has 0 nitrogen and oxygen atoms in total. The van der Waals surface area contributed by atoms with Crippen LogP contribution in [0.15, 0.2) is 78.9 Å². The van der Waals surface area contributed by atoms with Crippen LogP contribution in [-0.2, 0) is 46.4 Å². The monoisotopic (exact) mass is 845 g/mol. The second-order valence-corrected chi connectivity index (χ2v) is 20.4. The van der Waals surface area contributed by atoms with Crippen molar-refractivity contribution in [1.82, 2.24) is 0 Å². The SMILES string of the molecule is CC(C)(C)c1cc2c(cc1C(C)(C)C)=c1c(c(C3=CC=CC3)c(C(C)(C)C)c(C(C)(C)C)c1=C(c1ccc(Cl)cc1)c1ccc(Cl)cc1)[C]=2[Zr+2].[Cl-].[Cl-]. The van der Waals surface area contributed by atoms with Crippen LogP contribution in [0, 0.1) is 10.4 Å². The molecule has 52 heavy (non-hydrogen) atoms. The van der Waals surface area contributed by atoms with Crippen molar-refractivity contribution < 1.29 is 49.5 Å². The van der Waals surface area contributed by atoms with Gasteiger partial charge >= 0.3 is 328 Å². The molecule has 0 fully saturated rings. The molecule has 6 rings (SSSR count). The summed E-state index contributed by atoms with van der Waals surface area (Å²) in [5, 5.41) is 6.93. The largest absolute Gasteiger partial charge is 1.00 e. The fraction of sp³-hybridized carbons (Fsp3) is 0.362. The summed E-state index contributed by atoms with van der Waals surface area (Å²) < 4.78 is 1.45. The third-order valence-corrected chi connectivity index (χ3v) is 12.0. The van der Waals surface area contributed by atoms with E-state index in [4.69, 9.17) is 23.2 Å². The minimum Gasteiger partial charge on any atom is -1.00 e. The smallest absolute Gasteiger partial charge is 1.00 e. The van der Waals surface area contributed by atoms with Gasteiger partial charge in [-0.3, -0.25) is 0 Å². The van der Waals surface area contributed by atoms with E-state index in [1.54, 1.807) is 0 Å². The maximum absolute atomic E-state index is 6.56. The molecule has 4 aromatic rings. The van der Waals surface area contributed by atoms with Gasteiger partial charge in [0.05, 0.1) is 0 Å². The molecule has 271 valence electrons. The van der Waals surface area contributed by atoms with Crippen LogP contribution in [0.3, 0.4) is 0 Å². The summed E-state index contributed by atoms with van der Waals surface area (Å²) in [7, 11) is 0. The maximum Gasteiger partial charge on any atom is -1.00 e. The Morgan fingerprint density at radius 1 is 0.577 bits per heavy atom. The van der Waals surface area contributed by atoms with Crippen molar-refractivity contribution in [2.45, 2.75) is 111 Å². The summed E-state index contributed by atoms with van der Waals surface area (Å²) >= 11 is 14.6. The molecule has 0 aromatic heterocycles. The van der Waals surface area contributed by atoms with Gasteiger partial charge in [-0.25, -0.2) is 0 Å². The Hall–Kier alpha value is -1.86. The van der Waals surface area contributed by atoms with Crippen molar-refractivity contribution in [1.29, 1.82) is 0 Å². The van der Waals surface area contributed by atoms with Crippen LogP contribution in [0.4, 0.5) is 0 Å². The maximum atomic E-state index is 6.56. The topological polar surface area (TPSA) is 0 Å². The number of fused-ring (bicyclic) bond motifs is 2. The normalized spacial score (nSPS) is 14.1. The summed E-state index contributed by atoms with van der Waals surface area (Å²) in [5.74, 6) is 0. The van der Waals surface area contributed by atoms with E-state index >= 15 is 0 Å². The van der Waals surface area contributed by atoms with E-state index in [0.29, 0.717) is 0 Å². The van der Waals surface area contributed by atoms with E-state index < -0.39 is 0 Å². The van der Waals surface area contributed by atoms with Crippen molar-refractivity contribution in [3.8, 4) is 0 Å². The molecule has 2 aliphatic rings. The Kier molecular flexibility index (Phi) is 12.4. The molecule has 0 atom stereocenters. The van der Waals surface area contributed by atoms with Crippen LogP contribution in [0.2, 0.25) is 10.0 Å². The van der Waals surface area contributed by atoms with Gasteiger partial charge in [-0.05, 0) is 0 Å². The quantitative estimate of drug-likeness (QED) is 0.235. The Labute approximate surface area is 349 Å². The van der Waals surface area contributed by atoms with Crippen molar-refractivity contribution in [3.05, 3.63) is 154 Å². The van der Waals surface area contributed by atoms with E-state index in [2.05, 4.69) is 138 Å². The standard InChI is InChI=1S/C47H51Cl2.2ClH.Zr/c1-44(2,3)36-26-31-25-35-39(28-15-13-14-16-28)42(46(7,8)9)43(47(10,11)12)41(40(35)34(31)27-37(36)45(4,5)6)38(29-17-21-32(48)22-18-29)30-19-23-33(49)24-20-30;;;/h13-15,17-24,26-27H,16H2,1-12H3;2*1H;/q;;;+2/p-2. The zero-order chi connectivity index (χ0) is 36.7. The first-order chi connectivity index (χ1) is 23.1.